The Balaban J connectivity index is 2.12. The van der Waals surface area contributed by atoms with Gasteiger partial charge in [-0.05, 0) is 30.9 Å². The van der Waals surface area contributed by atoms with Gasteiger partial charge in [-0.1, -0.05) is 18.2 Å². The SMILES string of the molecule is O=C(O)CCCC1Cc2ccccc2S1(=O)=O. The molecule has 0 fully saturated rings. The Kier molecular flexibility index (Phi) is 3.19. The predicted octanol–water partition coefficient (Wildman–Crippen LogP) is 1.64. The molecule has 0 spiro atoms. The van der Waals surface area contributed by atoms with Gasteiger partial charge in [-0.15, -0.1) is 0 Å². The summed E-state index contributed by atoms with van der Waals surface area (Å²) in [6, 6.07) is 7.00. The lowest BCUT2D eigenvalue weighted by atomic mass is 10.1. The van der Waals surface area contributed by atoms with Gasteiger partial charge in [0.15, 0.2) is 9.84 Å². The molecule has 4 nitrogen and oxygen atoms in total. The summed E-state index contributed by atoms with van der Waals surface area (Å²) in [6.07, 6.45) is 1.37. The van der Waals surface area contributed by atoms with Crippen molar-refractivity contribution in [2.24, 2.45) is 0 Å². The molecule has 1 N–H and O–H groups in total. The lowest BCUT2D eigenvalue weighted by Gasteiger charge is -2.07. The molecular formula is C12H14O4S. The Morgan fingerprint density at radius 3 is 2.71 bits per heavy atom. The van der Waals surface area contributed by atoms with E-state index in [-0.39, 0.29) is 6.42 Å². The normalized spacial score (nSPS) is 21.1. The Hall–Kier alpha value is -1.36. The van der Waals surface area contributed by atoms with Crippen molar-refractivity contribution in [2.75, 3.05) is 0 Å². The first-order chi connectivity index (χ1) is 8.01. The molecule has 92 valence electrons. The highest BCUT2D eigenvalue weighted by Crippen LogP contribution is 2.33. The quantitative estimate of drug-likeness (QED) is 0.886. The summed E-state index contributed by atoms with van der Waals surface area (Å²) in [5.41, 5.74) is 0.854. The third-order valence-electron chi connectivity index (χ3n) is 3.08. The van der Waals surface area contributed by atoms with Crippen LogP contribution in [0.2, 0.25) is 0 Å². The first-order valence-electron chi connectivity index (χ1n) is 5.55. The van der Waals surface area contributed by atoms with Gasteiger partial charge < -0.3 is 5.11 Å². The van der Waals surface area contributed by atoms with Gasteiger partial charge in [-0.3, -0.25) is 4.79 Å². The van der Waals surface area contributed by atoms with E-state index in [1.165, 1.54) is 0 Å². The highest BCUT2D eigenvalue weighted by Gasteiger charge is 2.35. The Morgan fingerprint density at radius 1 is 1.35 bits per heavy atom. The Labute approximate surface area is 100 Å². The van der Waals surface area contributed by atoms with E-state index in [0.29, 0.717) is 24.2 Å². The van der Waals surface area contributed by atoms with Crippen LogP contribution in [0.4, 0.5) is 0 Å². The Morgan fingerprint density at radius 2 is 2.06 bits per heavy atom. The molecule has 0 radical (unpaired) electrons. The topological polar surface area (TPSA) is 71.4 Å². The molecule has 1 atom stereocenters. The number of benzene rings is 1. The fourth-order valence-electron chi connectivity index (χ4n) is 2.22. The van der Waals surface area contributed by atoms with E-state index < -0.39 is 21.1 Å². The smallest absolute Gasteiger partial charge is 0.303 e. The summed E-state index contributed by atoms with van der Waals surface area (Å²) in [4.78, 5) is 10.8. The minimum atomic E-state index is -3.24. The Bertz CT molecular complexity index is 533. The lowest BCUT2D eigenvalue weighted by molar-refractivity contribution is -0.137. The first-order valence-corrected chi connectivity index (χ1v) is 7.10. The van der Waals surface area contributed by atoms with Crippen LogP contribution in [0, 0.1) is 0 Å². The number of rotatable bonds is 4. The summed E-state index contributed by atoms with van der Waals surface area (Å²) in [5, 5.41) is 8.10. The van der Waals surface area contributed by atoms with Crippen LogP contribution in [0.5, 0.6) is 0 Å². The second-order valence-corrected chi connectivity index (χ2v) is 6.46. The van der Waals surface area contributed by atoms with Crippen molar-refractivity contribution >= 4 is 15.8 Å². The molecule has 1 aromatic rings. The number of aliphatic carboxylic acids is 1. The minimum Gasteiger partial charge on any atom is -0.481 e. The molecule has 1 aliphatic heterocycles. The molecule has 0 bridgehead atoms. The van der Waals surface area contributed by atoms with Crippen molar-refractivity contribution in [2.45, 2.75) is 35.8 Å². The second kappa shape index (κ2) is 4.49. The standard InChI is InChI=1S/C12H14O4S/c13-12(14)7-3-5-10-8-9-4-1-2-6-11(9)17(10,15)16/h1-2,4,6,10H,3,5,7-8H2,(H,13,14). The molecule has 1 aliphatic rings. The molecule has 1 aromatic carbocycles. The van der Waals surface area contributed by atoms with E-state index >= 15 is 0 Å². The number of carbonyl (C=O) groups is 1. The zero-order valence-corrected chi connectivity index (χ0v) is 10.1. The van der Waals surface area contributed by atoms with Crippen LogP contribution in [-0.2, 0) is 21.1 Å². The molecule has 1 unspecified atom stereocenters. The first kappa shape index (κ1) is 12.1. The summed E-state index contributed by atoms with van der Waals surface area (Å²) < 4.78 is 24.2. The van der Waals surface area contributed by atoms with E-state index in [4.69, 9.17) is 5.11 Å². The third kappa shape index (κ3) is 2.34. The zero-order valence-electron chi connectivity index (χ0n) is 9.30. The van der Waals surface area contributed by atoms with Crippen molar-refractivity contribution < 1.29 is 18.3 Å². The fraction of sp³-hybridized carbons (Fsp3) is 0.417. The van der Waals surface area contributed by atoms with Crippen LogP contribution in [0.15, 0.2) is 29.2 Å². The maximum atomic E-state index is 12.1. The fourth-order valence-corrected chi connectivity index (χ4v) is 4.24. The molecular weight excluding hydrogens is 240 g/mol. The van der Waals surface area contributed by atoms with Gasteiger partial charge in [-0.25, -0.2) is 8.42 Å². The molecule has 0 aliphatic carbocycles. The average Bonchev–Trinajstić information content (AvgIpc) is 2.51. The number of hydrogen-bond acceptors (Lipinski definition) is 3. The maximum Gasteiger partial charge on any atom is 0.303 e. The molecule has 17 heavy (non-hydrogen) atoms. The molecule has 5 heteroatoms. The molecule has 0 saturated carbocycles. The van der Waals surface area contributed by atoms with Gasteiger partial charge in [0.1, 0.15) is 0 Å². The van der Waals surface area contributed by atoms with Gasteiger partial charge in [0, 0.05) is 6.42 Å². The molecule has 1 heterocycles. The number of carboxylic acid groups (broad SMARTS) is 1. The zero-order chi connectivity index (χ0) is 12.5. The van der Waals surface area contributed by atoms with Gasteiger partial charge in [0.2, 0.25) is 0 Å². The van der Waals surface area contributed by atoms with Gasteiger partial charge in [-0.2, -0.15) is 0 Å². The summed E-state index contributed by atoms with van der Waals surface area (Å²) in [7, 11) is -3.24. The van der Waals surface area contributed by atoms with E-state index in [1.807, 2.05) is 12.1 Å². The molecule has 2 rings (SSSR count). The second-order valence-electron chi connectivity index (χ2n) is 4.26. The van der Waals surface area contributed by atoms with Gasteiger partial charge in [0.05, 0.1) is 10.1 Å². The molecule has 0 saturated heterocycles. The van der Waals surface area contributed by atoms with Crippen LogP contribution in [0.1, 0.15) is 24.8 Å². The van der Waals surface area contributed by atoms with Crippen molar-refractivity contribution in [1.29, 1.82) is 0 Å². The number of hydrogen-bond donors (Lipinski definition) is 1. The lowest BCUT2D eigenvalue weighted by Crippen LogP contribution is -2.17. The van der Waals surface area contributed by atoms with Gasteiger partial charge >= 0.3 is 5.97 Å². The van der Waals surface area contributed by atoms with E-state index in [0.717, 1.165) is 5.56 Å². The maximum absolute atomic E-state index is 12.1. The molecule has 0 aromatic heterocycles. The van der Waals surface area contributed by atoms with Crippen LogP contribution in [0.3, 0.4) is 0 Å². The minimum absolute atomic E-state index is 0.0301. The summed E-state index contributed by atoms with van der Waals surface area (Å²) >= 11 is 0. The highest BCUT2D eigenvalue weighted by atomic mass is 32.2. The van der Waals surface area contributed by atoms with Crippen molar-refractivity contribution in [1.82, 2.24) is 0 Å². The highest BCUT2D eigenvalue weighted by molar-refractivity contribution is 7.92. The van der Waals surface area contributed by atoms with E-state index in [9.17, 15) is 13.2 Å². The number of sulfone groups is 1. The summed E-state index contributed by atoms with van der Waals surface area (Å²) in [6.45, 7) is 0. The van der Waals surface area contributed by atoms with Crippen molar-refractivity contribution in [3.8, 4) is 0 Å². The van der Waals surface area contributed by atoms with E-state index in [2.05, 4.69) is 0 Å². The summed E-state index contributed by atoms with van der Waals surface area (Å²) in [5.74, 6) is -0.877. The number of carboxylic acids is 1. The van der Waals surface area contributed by atoms with Crippen LogP contribution < -0.4 is 0 Å². The van der Waals surface area contributed by atoms with Crippen LogP contribution >= 0.6 is 0 Å². The average molecular weight is 254 g/mol. The van der Waals surface area contributed by atoms with Crippen molar-refractivity contribution in [3.63, 3.8) is 0 Å². The molecule has 0 amide bonds. The monoisotopic (exact) mass is 254 g/mol. The third-order valence-corrected chi connectivity index (χ3v) is 5.37. The van der Waals surface area contributed by atoms with Gasteiger partial charge in [0.25, 0.3) is 0 Å². The van der Waals surface area contributed by atoms with Crippen LogP contribution in [0.25, 0.3) is 0 Å². The van der Waals surface area contributed by atoms with Crippen LogP contribution in [-0.4, -0.2) is 24.7 Å². The van der Waals surface area contributed by atoms with E-state index in [1.54, 1.807) is 12.1 Å². The largest absolute Gasteiger partial charge is 0.481 e. The van der Waals surface area contributed by atoms with Crippen molar-refractivity contribution in [3.05, 3.63) is 29.8 Å². The predicted molar refractivity (Wildman–Crippen MR) is 62.6 cm³/mol. The number of fused-ring (bicyclic) bond motifs is 1.